The summed E-state index contributed by atoms with van der Waals surface area (Å²) >= 11 is 0. The summed E-state index contributed by atoms with van der Waals surface area (Å²) in [6, 6.07) is -0.867. The van der Waals surface area contributed by atoms with Gasteiger partial charge in [-0.15, -0.1) is 0 Å². The average Bonchev–Trinajstić information content (AvgIpc) is 2.97. The third-order valence-corrected chi connectivity index (χ3v) is 4.27. The molecule has 1 aromatic heterocycles. The van der Waals surface area contributed by atoms with Gasteiger partial charge in [-0.1, -0.05) is 0 Å². The van der Waals surface area contributed by atoms with E-state index in [9.17, 15) is 14.4 Å². The molecule has 150 valence electrons. The maximum atomic E-state index is 12.7. The van der Waals surface area contributed by atoms with Crippen LogP contribution < -0.4 is 16.0 Å². The highest BCUT2D eigenvalue weighted by molar-refractivity contribution is 5.87. The zero-order chi connectivity index (χ0) is 20.0. The van der Waals surface area contributed by atoms with Gasteiger partial charge in [-0.25, -0.2) is 9.78 Å². The predicted octanol–water partition coefficient (Wildman–Crippen LogP) is 0.846. The summed E-state index contributed by atoms with van der Waals surface area (Å²) in [6.45, 7) is 6.11. The van der Waals surface area contributed by atoms with Crippen molar-refractivity contribution in [2.75, 3.05) is 6.54 Å². The third-order valence-electron chi connectivity index (χ3n) is 4.27. The normalized spacial score (nSPS) is 18.4. The number of piperidine rings is 1. The first kappa shape index (κ1) is 20.7. The van der Waals surface area contributed by atoms with Crippen molar-refractivity contribution in [3.05, 3.63) is 18.2 Å². The van der Waals surface area contributed by atoms with Crippen LogP contribution in [0.25, 0.3) is 0 Å². The Morgan fingerprint density at radius 1 is 1.44 bits per heavy atom. The van der Waals surface area contributed by atoms with Gasteiger partial charge >= 0.3 is 6.09 Å². The number of imidazole rings is 1. The van der Waals surface area contributed by atoms with E-state index in [2.05, 4.69) is 20.9 Å². The van der Waals surface area contributed by atoms with Crippen LogP contribution in [-0.4, -0.2) is 45.6 Å². The molecule has 1 saturated heterocycles. The molecule has 3 N–H and O–H groups in total. The van der Waals surface area contributed by atoms with Gasteiger partial charge in [0.05, 0.1) is 6.54 Å². The number of carbonyl (C=O) groups excluding carboxylic acids is 3. The molecule has 27 heavy (non-hydrogen) atoms. The second kappa shape index (κ2) is 8.88. The second-order valence-corrected chi connectivity index (χ2v) is 7.74. The number of hydrogen-bond donors (Lipinski definition) is 3. The van der Waals surface area contributed by atoms with E-state index in [0.717, 1.165) is 6.42 Å². The van der Waals surface area contributed by atoms with E-state index in [0.29, 0.717) is 18.8 Å². The number of aryl methyl sites for hydroxylation is 1. The zero-order valence-corrected chi connectivity index (χ0v) is 16.4. The summed E-state index contributed by atoms with van der Waals surface area (Å²) in [4.78, 5) is 41.0. The topological polar surface area (TPSA) is 114 Å². The number of alkyl carbamates (subject to hydrolysis) is 1. The molecule has 1 aliphatic rings. The summed E-state index contributed by atoms with van der Waals surface area (Å²) in [5, 5.41) is 8.18. The molecule has 0 radical (unpaired) electrons. The summed E-state index contributed by atoms with van der Waals surface area (Å²) < 4.78 is 7.05. The van der Waals surface area contributed by atoms with Gasteiger partial charge in [-0.3, -0.25) is 9.59 Å². The predicted molar refractivity (Wildman–Crippen MR) is 98.6 cm³/mol. The van der Waals surface area contributed by atoms with Crippen LogP contribution in [0, 0.1) is 5.92 Å². The molecule has 2 rings (SSSR count). The van der Waals surface area contributed by atoms with Gasteiger partial charge in [-0.2, -0.15) is 0 Å². The Balaban J connectivity index is 2.02. The van der Waals surface area contributed by atoms with Gasteiger partial charge in [-0.05, 0) is 40.0 Å². The molecule has 3 amide bonds. The van der Waals surface area contributed by atoms with Crippen molar-refractivity contribution in [3.63, 3.8) is 0 Å². The Morgan fingerprint density at radius 3 is 2.78 bits per heavy atom. The quantitative estimate of drug-likeness (QED) is 0.678. The molecule has 0 spiro atoms. The number of nitrogens with one attached hydrogen (secondary N) is 3. The number of rotatable bonds is 6. The van der Waals surface area contributed by atoms with E-state index >= 15 is 0 Å². The van der Waals surface area contributed by atoms with Gasteiger partial charge in [0, 0.05) is 31.9 Å². The Labute approximate surface area is 159 Å². The minimum absolute atomic E-state index is 0.0888. The number of amides is 3. The van der Waals surface area contributed by atoms with Crippen LogP contribution in [0.3, 0.4) is 0 Å². The Kier molecular flexibility index (Phi) is 6.81. The molecular formula is C18H29N5O4. The van der Waals surface area contributed by atoms with Crippen LogP contribution in [0.4, 0.5) is 4.79 Å². The highest BCUT2D eigenvalue weighted by Crippen LogP contribution is 2.18. The van der Waals surface area contributed by atoms with Gasteiger partial charge in [0.2, 0.25) is 11.8 Å². The lowest BCUT2D eigenvalue weighted by Crippen LogP contribution is -2.50. The standard InChI is InChI=1S/C18H29N5O4/c1-18(2,3)27-17(26)22-13(10-12-6-5-7-20-15(12)24)16(25)21-11-14-19-8-9-23(14)4/h8-9,12-13H,5-7,10-11H2,1-4H3,(H,20,24)(H,21,25)(H,22,26). The number of hydrogen-bond acceptors (Lipinski definition) is 5. The van der Waals surface area contributed by atoms with E-state index in [1.54, 1.807) is 37.7 Å². The molecule has 0 aromatic carbocycles. The van der Waals surface area contributed by atoms with Crippen LogP contribution in [0.5, 0.6) is 0 Å². The molecule has 0 saturated carbocycles. The van der Waals surface area contributed by atoms with E-state index < -0.39 is 17.7 Å². The van der Waals surface area contributed by atoms with E-state index in [4.69, 9.17) is 4.74 Å². The van der Waals surface area contributed by atoms with E-state index in [1.807, 2.05) is 7.05 Å². The Morgan fingerprint density at radius 2 is 2.19 bits per heavy atom. The molecule has 9 heteroatoms. The van der Waals surface area contributed by atoms with Gasteiger partial charge in [0.1, 0.15) is 17.5 Å². The second-order valence-electron chi connectivity index (χ2n) is 7.74. The first-order valence-corrected chi connectivity index (χ1v) is 9.17. The summed E-state index contributed by atoms with van der Waals surface area (Å²) in [5.74, 6) is -0.0938. The molecular weight excluding hydrogens is 350 g/mol. The highest BCUT2D eigenvalue weighted by Gasteiger charge is 2.31. The van der Waals surface area contributed by atoms with Crippen LogP contribution in [0.1, 0.15) is 45.9 Å². The van der Waals surface area contributed by atoms with Crippen molar-refractivity contribution >= 4 is 17.9 Å². The maximum absolute atomic E-state index is 12.7. The molecule has 1 fully saturated rings. The van der Waals surface area contributed by atoms with Crippen molar-refractivity contribution < 1.29 is 19.1 Å². The largest absolute Gasteiger partial charge is 0.444 e. The SMILES string of the molecule is Cn1ccnc1CNC(=O)C(CC1CCCNC1=O)NC(=O)OC(C)(C)C. The molecule has 2 unspecified atom stereocenters. The highest BCUT2D eigenvalue weighted by atomic mass is 16.6. The number of aromatic nitrogens is 2. The minimum Gasteiger partial charge on any atom is -0.444 e. The first-order chi connectivity index (χ1) is 12.7. The third kappa shape index (κ3) is 6.58. The Hall–Kier alpha value is -2.58. The molecule has 1 aromatic rings. The fraction of sp³-hybridized carbons (Fsp3) is 0.667. The molecule has 9 nitrogen and oxygen atoms in total. The molecule has 0 aliphatic carbocycles. The van der Waals surface area contributed by atoms with Crippen LogP contribution in [-0.2, 0) is 27.9 Å². The lowest BCUT2D eigenvalue weighted by molar-refractivity contribution is -0.128. The fourth-order valence-corrected chi connectivity index (χ4v) is 2.88. The summed E-state index contributed by atoms with van der Waals surface area (Å²) in [6.07, 6.45) is 4.50. The lowest BCUT2D eigenvalue weighted by Gasteiger charge is -2.27. The summed E-state index contributed by atoms with van der Waals surface area (Å²) in [5.41, 5.74) is -0.680. The average molecular weight is 379 g/mol. The molecule has 1 aliphatic heterocycles. The zero-order valence-electron chi connectivity index (χ0n) is 16.4. The smallest absolute Gasteiger partial charge is 0.408 e. The van der Waals surface area contributed by atoms with E-state index in [1.165, 1.54) is 0 Å². The van der Waals surface area contributed by atoms with Crippen molar-refractivity contribution in [1.29, 1.82) is 0 Å². The molecule has 0 bridgehead atoms. The molecule has 2 heterocycles. The van der Waals surface area contributed by atoms with Gasteiger partial charge in [0.15, 0.2) is 0 Å². The number of nitrogens with zero attached hydrogens (tertiary/aromatic N) is 2. The van der Waals surface area contributed by atoms with Gasteiger partial charge in [0.25, 0.3) is 0 Å². The lowest BCUT2D eigenvalue weighted by atomic mass is 9.91. The minimum atomic E-state index is -0.867. The van der Waals surface area contributed by atoms with Crippen molar-refractivity contribution in [2.45, 2.75) is 58.2 Å². The van der Waals surface area contributed by atoms with Crippen molar-refractivity contribution in [3.8, 4) is 0 Å². The fourth-order valence-electron chi connectivity index (χ4n) is 2.88. The summed E-state index contributed by atoms with van der Waals surface area (Å²) in [7, 11) is 1.83. The monoisotopic (exact) mass is 379 g/mol. The molecule has 2 atom stereocenters. The van der Waals surface area contributed by atoms with Crippen molar-refractivity contribution in [1.82, 2.24) is 25.5 Å². The Bertz CT molecular complexity index is 680. The van der Waals surface area contributed by atoms with Crippen LogP contribution in [0.15, 0.2) is 12.4 Å². The van der Waals surface area contributed by atoms with Gasteiger partial charge < -0.3 is 25.3 Å². The van der Waals surface area contributed by atoms with Crippen LogP contribution >= 0.6 is 0 Å². The first-order valence-electron chi connectivity index (χ1n) is 9.17. The number of ether oxygens (including phenoxy) is 1. The van der Waals surface area contributed by atoms with Crippen molar-refractivity contribution in [2.24, 2.45) is 13.0 Å². The maximum Gasteiger partial charge on any atom is 0.408 e. The van der Waals surface area contributed by atoms with E-state index in [-0.39, 0.29) is 30.7 Å². The number of carbonyl (C=O) groups is 3. The van der Waals surface area contributed by atoms with Crippen LogP contribution in [0.2, 0.25) is 0 Å².